The van der Waals surface area contributed by atoms with Crippen molar-refractivity contribution in [3.63, 3.8) is 0 Å². The fourth-order valence-electron chi connectivity index (χ4n) is 6.06. The summed E-state index contributed by atoms with van der Waals surface area (Å²) in [5.41, 5.74) is 6.99. The van der Waals surface area contributed by atoms with Crippen molar-refractivity contribution in [3.05, 3.63) is 88.9 Å². The van der Waals surface area contributed by atoms with Crippen molar-refractivity contribution in [2.24, 2.45) is 0 Å². The van der Waals surface area contributed by atoms with E-state index in [9.17, 15) is 13.9 Å². The summed E-state index contributed by atoms with van der Waals surface area (Å²) in [6.45, 7) is 9.32. The molecule has 0 radical (unpaired) electrons. The number of nitrogens with one attached hydrogen (secondary N) is 1. The predicted octanol–water partition coefficient (Wildman–Crippen LogP) is 6.83. The number of thioether (sulfide) groups is 1. The Morgan fingerprint density at radius 3 is 2.65 bits per heavy atom. The lowest BCUT2D eigenvalue weighted by Gasteiger charge is -2.41. The second kappa shape index (κ2) is 14.2. The Bertz CT molecular complexity index is 1930. The van der Waals surface area contributed by atoms with Gasteiger partial charge in [0.05, 0.1) is 30.1 Å². The number of pyridine rings is 1. The van der Waals surface area contributed by atoms with E-state index in [0.29, 0.717) is 30.4 Å². The summed E-state index contributed by atoms with van der Waals surface area (Å²) in [6, 6.07) is 13.6. The van der Waals surface area contributed by atoms with Gasteiger partial charge < -0.3 is 10.1 Å². The average Bonchev–Trinajstić information content (AvgIpc) is 3.48. The van der Waals surface area contributed by atoms with Gasteiger partial charge in [0.2, 0.25) is 11.8 Å². The molecule has 1 aliphatic rings. The van der Waals surface area contributed by atoms with Crippen LogP contribution in [0, 0.1) is 13.8 Å². The Kier molecular flexibility index (Phi) is 9.99. The maximum absolute atomic E-state index is 13.6. The first-order valence-corrected chi connectivity index (χ1v) is 18.6. The summed E-state index contributed by atoms with van der Waals surface area (Å²) in [4.78, 5) is 26.8. The number of aryl methyl sites for hydroxylation is 3. The van der Waals surface area contributed by atoms with Crippen LogP contribution in [-0.4, -0.2) is 68.2 Å². The van der Waals surface area contributed by atoms with Crippen LogP contribution >= 0.6 is 22.5 Å². The summed E-state index contributed by atoms with van der Waals surface area (Å²) < 4.78 is 32.9. The van der Waals surface area contributed by atoms with Crippen molar-refractivity contribution < 1.29 is 18.6 Å². The van der Waals surface area contributed by atoms with Gasteiger partial charge in [-0.2, -0.15) is 4.31 Å². The monoisotopic (exact) mass is 688 g/mol. The molecule has 2 atom stereocenters. The lowest BCUT2D eigenvalue weighted by molar-refractivity contribution is -0.116. The van der Waals surface area contributed by atoms with Gasteiger partial charge in [-0.15, -0.1) is 15.9 Å². The second-order valence-electron chi connectivity index (χ2n) is 11.8. The van der Waals surface area contributed by atoms with Gasteiger partial charge in [0, 0.05) is 31.6 Å². The zero-order valence-corrected chi connectivity index (χ0v) is 29.3. The summed E-state index contributed by atoms with van der Waals surface area (Å²) in [5, 5.41) is 12.4. The molecular weight excluding hydrogens is 649 g/mol. The number of anilines is 1. The fraction of sp³-hybridized carbons (Fsp3) is 0.353. The Labute approximate surface area is 285 Å². The maximum atomic E-state index is 13.6. The standard InChI is InChI=1S/C34H40N8O4S2/c1-6-26-20-41(48(44,45)30-9-8-14-35-33(30)46-26)19-24-15-23(11-10-21(24)3)28(16-31(43)38-25-17-36-34(47-5)37-18-25)27-12-13-29-32(22(27)4)39-40-42(29)7-2/h8-15,17-18,26,28,44-45H,6-7,16,19-20H2,1-5H3,(H,38,43)/t26-,28+/m1/s1. The number of hydrogen-bond donors (Lipinski definition) is 3. The van der Waals surface area contributed by atoms with Gasteiger partial charge in [-0.25, -0.2) is 19.6 Å². The van der Waals surface area contributed by atoms with Crippen molar-refractivity contribution in [2.75, 3.05) is 18.1 Å². The Morgan fingerprint density at radius 2 is 1.92 bits per heavy atom. The van der Waals surface area contributed by atoms with E-state index in [2.05, 4.69) is 42.7 Å². The molecule has 0 saturated heterocycles. The summed E-state index contributed by atoms with van der Waals surface area (Å²) in [7, 11) is -3.40. The number of benzene rings is 2. The van der Waals surface area contributed by atoms with Crippen molar-refractivity contribution in [3.8, 4) is 5.88 Å². The molecule has 3 N–H and O–H groups in total. The van der Waals surface area contributed by atoms with Crippen LogP contribution in [0.3, 0.4) is 0 Å². The molecule has 3 aromatic heterocycles. The highest BCUT2D eigenvalue weighted by atomic mass is 32.3. The number of nitrogens with zero attached hydrogens (tertiary/aromatic N) is 7. The average molecular weight is 689 g/mol. The first-order valence-electron chi connectivity index (χ1n) is 15.9. The lowest BCUT2D eigenvalue weighted by atomic mass is 9.84. The van der Waals surface area contributed by atoms with Crippen LogP contribution < -0.4 is 10.1 Å². The first kappa shape index (κ1) is 33.8. The van der Waals surface area contributed by atoms with E-state index >= 15 is 0 Å². The van der Waals surface area contributed by atoms with Gasteiger partial charge in [0.25, 0.3) is 0 Å². The van der Waals surface area contributed by atoms with E-state index in [-0.39, 0.29) is 41.7 Å². The fourth-order valence-corrected chi connectivity index (χ4v) is 7.94. The van der Waals surface area contributed by atoms with Gasteiger partial charge in [0.15, 0.2) is 5.16 Å². The van der Waals surface area contributed by atoms with Crippen molar-refractivity contribution in [2.45, 2.75) is 75.7 Å². The number of aromatic nitrogens is 6. The Morgan fingerprint density at radius 1 is 1.12 bits per heavy atom. The number of carbonyl (C=O) groups excluding carboxylic acids is 1. The number of rotatable bonds is 10. The second-order valence-corrected chi connectivity index (χ2v) is 14.6. The molecule has 14 heteroatoms. The third-order valence-corrected chi connectivity index (χ3v) is 11.3. The molecule has 252 valence electrons. The molecule has 4 heterocycles. The van der Waals surface area contributed by atoms with Crippen LogP contribution in [0.2, 0.25) is 0 Å². The topological polar surface area (TPSA) is 151 Å². The van der Waals surface area contributed by atoms with Gasteiger partial charge in [-0.3, -0.25) is 13.9 Å². The molecule has 1 amide bonds. The van der Waals surface area contributed by atoms with Crippen LogP contribution in [0.15, 0.2) is 71.1 Å². The molecule has 0 saturated carbocycles. The Balaban J connectivity index is 1.38. The van der Waals surface area contributed by atoms with Crippen LogP contribution in [0.1, 0.15) is 60.4 Å². The van der Waals surface area contributed by atoms with Gasteiger partial charge in [-0.05, 0) is 79.5 Å². The molecule has 12 nitrogen and oxygen atoms in total. The third-order valence-electron chi connectivity index (χ3n) is 8.80. The van der Waals surface area contributed by atoms with E-state index in [4.69, 9.17) is 4.74 Å². The molecule has 48 heavy (non-hydrogen) atoms. The van der Waals surface area contributed by atoms with Crippen molar-refractivity contribution in [1.82, 2.24) is 34.3 Å². The highest BCUT2D eigenvalue weighted by Gasteiger charge is 2.36. The SMILES string of the molecule is CC[C@@H]1CN(Cc2cc([C@H](CC(=O)Nc3cnc(SC)nc3)c3ccc4c(nnn4CC)c3C)ccc2C)S(O)(O)c2cccnc2O1. The van der Waals surface area contributed by atoms with E-state index in [1.807, 2.05) is 56.8 Å². The van der Waals surface area contributed by atoms with Gasteiger partial charge in [0.1, 0.15) is 16.5 Å². The summed E-state index contributed by atoms with van der Waals surface area (Å²) in [5.74, 6) is -0.274. The number of carbonyl (C=O) groups is 1. The van der Waals surface area contributed by atoms with Gasteiger partial charge in [-0.1, -0.05) is 48.2 Å². The zero-order chi connectivity index (χ0) is 34.0. The van der Waals surface area contributed by atoms with Crippen molar-refractivity contribution >= 4 is 45.2 Å². The summed E-state index contributed by atoms with van der Waals surface area (Å²) >= 11 is 1.43. The highest BCUT2D eigenvalue weighted by Crippen LogP contribution is 2.57. The molecular formula is C34H40N8O4S2. The molecule has 5 aromatic rings. The normalized spacial score (nSPS) is 17.3. The molecule has 0 unspecified atom stereocenters. The lowest BCUT2D eigenvalue weighted by Crippen LogP contribution is -2.34. The van der Waals surface area contributed by atoms with E-state index in [1.165, 1.54) is 11.8 Å². The van der Waals surface area contributed by atoms with E-state index < -0.39 is 10.8 Å². The maximum Gasteiger partial charge on any atom is 0.239 e. The number of hydrogen-bond acceptors (Lipinski definition) is 11. The predicted molar refractivity (Wildman–Crippen MR) is 188 cm³/mol. The first-order chi connectivity index (χ1) is 23.1. The molecule has 1 aliphatic heterocycles. The zero-order valence-electron chi connectivity index (χ0n) is 27.6. The minimum Gasteiger partial charge on any atom is -0.472 e. The summed E-state index contributed by atoms with van der Waals surface area (Å²) in [6.07, 6.45) is 7.25. The van der Waals surface area contributed by atoms with Crippen LogP contribution in [0.4, 0.5) is 5.69 Å². The molecule has 0 aliphatic carbocycles. The minimum absolute atomic E-state index is 0.144. The molecule has 2 aromatic carbocycles. The third kappa shape index (κ3) is 6.76. The van der Waals surface area contributed by atoms with Crippen LogP contribution in [0.5, 0.6) is 5.88 Å². The van der Waals surface area contributed by atoms with Crippen LogP contribution in [-0.2, 0) is 17.9 Å². The number of amides is 1. The number of fused-ring (bicyclic) bond motifs is 2. The highest BCUT2D eigenvalue weighted by molar-refractivity contribution is 8.22. The largest absolute Gasteiger partial charge is 0.472 e. The molecule has 0 fully saturated rings. The van der Waals surface area contributed by atoms with E-state index in [0.717, 1.165) is 38.9 Å². The number of ether oxygens (including phenoxy) is 1. The molecule has 0 bridgehead atoms. The Hall–Kier alpha value is -4.08. The smallest absolute Gasteiger partial charge is 0.239 e. The van der Waals surface area contributed by atoms with Crippen molar-refractivity contribution in [1.29, 1.82) is 0 Å². The molecule has 0 spiro atoms. The van der Waals surface area contributed by atoms with Crippen LogP contribution in [0.25, 0.3) is 11.0 Å². The molecule has 6 rings (SSSR count). The quantitative estimate of drug-likeness (QED) is 0.105. The van der Waals surface area contributed by atoms with Gasteiger partial charge >= 0.3 is 0 Å². The minimum atomic E-state index is -3.40. The van der Waals surface area contributed by atoms with E-state index in [1.54, 1.807) is 35.0 Å².